The Labute approximate surface area is 222 Å². The Kier molecular flexibility index (Phi) is 7.94. The van der Waals surface area contributed by atoms with E-state index in [-0.39, 0.29) is 36.6 Å². The van der Waals surface area contributed by atoms with Crippen molar-refractivity contribution in [3.05, 3.63) is 95.1 Å². The maximum absolute atomic E-state index is 13.2. The summed E-state index contributed by atoms with van der Waals surface area (Å²) in [4.78, 5) is 27.0. The normalized spacial score (nSPS) is 20.9. The van der Waals surface area contributed by atoms with Gasteiger partial charge in [0.15, 0.2) is 0 Å². The Morgan fingerprint density at radius 2 is 1.71 bits per heavy atom. The number of nitrogens with zero attached hydrogens (tertiary/aromatic N) is 1. The standard InChI is InChI=1S/C31H33NO6/c1-36-27-15-21(14-25(17-27)31(34)35)20-37-26-9-5-8-24(16-26)28(22-6-3-2-4-7-22)18-30(33)38-29-19-32-12-10-23(29)11-13-32/h2-9,14-17,23,28-29H,10-13,18-20H2,1H3,(H,34,35)/t28-,29-/m0/s1. The molecule has 38 heavy (non-hydrogen) atoms. The van der Waals surface area contributed by atoms with E-state index >= 15 is 0 Å². The predicted molar refractivity (Wildman–Crippen MR) is 143 cm³/mol. The van der Waals surface area contributed by atoms with Gasteiger partial charge in [0.1, 0.15) is 24.2 Å². The highest BCUT2D eigenvalue weighted by molar-refractivity contribution is 5.88. The second-order valence-electron chi connectivity index (χ2n) is 10.1. The van der Waals surface area contributed by atoms with Gasteiger partial charge >= 0.3 is 11.9 Å². The molecule has 3 fully saturated rings. The van der Waals surface area contributed by atoms with Gasteiger partial charge in [0, 0.05) is 12.5 Å². The van der Waals surface area contributed by atoms with E-state index in [1.807, 2.05) is 54.6 Å². The molecule has 3 aliphatic rings. The molecule has 0 saturated carbocycles. The minimum atomic E-state index is -1.03. The zero-order valence-corrected chi connectivity index (χ0v) is 21.5. The topological polar surface area (TPSA) is 85.3 Å². The van der Waals surface area contributed by atoms with Crippen molar-refractivity contribution in [1.82, 2.24) is 4.90 Å². The van der Waals surface area contributed by atoms with E-state index in [0.717, 1.165) is 43.6 Å². The molecule has 0 unspecified atom stereocenters. The highest BCUT2D eigenvalue weighted by Crippen LogP contribution is 2.33. The lowest BCUT2D eigenvalue weighted by atomic mass is 9.85. The summed E-state index contributed by atoms with van der Waals surface area (Å²) in [6.45, 7) is 3.22. The fourth-order valence-corrected chi connectivity index (χ4v) is 5.51. The molecule has 3 aromatic carbocycles. The molecule has 7 nitrogen and oxygen atoms in total. The quantitative estimate of drug-likeness (QED) is 0.375. The average Bonchev–Trinajstić information content (AvgIpc) is 2.96. The Balaban J connectivity index is 1.31. The second-order valence-corrected chi connectivity index (χ2v) is 10.1. The van der Waals surface area contributed by atoms with Crippen LogP contribution in [0.5, 0.6) is 11.5 Å². The Morgan fingerprint density at radius 1 is 0.947 bits per heavy atom. The number of methoxy groups -OCH3 is 1. The highest BCUT2D eigenvalue weighted by Gasteiger charge is 2.36. The lowest BCUT2D eigenvalue weighted by molar-refractivity contribution is -0.159. The molecule has 3 aromatic rings. The number of carbonyl (C=O) groups is 2. The SMILES string of the molecule is COc1cc(COc2cccc([C@@H](CC(=O)O[C@H]3CN4CCC3CC4)c3ccccc3)c2)cc(C(=O)O)c1. The van der Waals surface area contributed by atoms with Crippen LogP contribution in [0.4, 0.5) is 0 Å². The van der Waals surface area contributed by atoms with E-state index < -0.39 is 5.97 Å². The van der Waals surface area contributed by atoms with Crippen molar-refractivity contribution in [2.24, 2.45) is 5.92 Å². The first-order valence-electron chi connectivity index (χ1n) is 13.1. The molecule has 0 amide bonds. The number of hydrogen-bond donors (Lipinski definition) is 1. The molecule has 1 N–H and O–H groups in total. The lowest BCUT2D eigenvalue weighted by Crippen LogP contribution is -2.52. The monoisotopic (exact) mass is 515 g/mol. The van der Waals surface area contributed by atoms with E-state index in [9.17, 15) is 14.7 Å². The van der Waals surface area contributed by atoms with E-state index in [1.54, 1.807) is 12.1 Å². The molecule has 2 bridgehead atoms. The number of hydrogen-bond acceptors (Lipinski definition) is 6. The molecule has 0 radical (unpaired) electrons. The molecule has 3 aliphatic heterocycles. The van der Waals surface area contributed by atoms with Crippen molar-refractivity contribution in [2.75, 3.05) is 26.7 Å². The first kappa shape index (κ1) is 25.8. The summed E-state index contributed by atoms with van der Waals surface area (Å²) in [6, 6.07) is 22.5. The van der Waals surface area contributed by atoms with Gasteiger partial charge < -0.3 is 19.3 Å². The number of benzene rings is 3. The van der Waals surface area contributed by atoms with Crippen LogP contribution >= 0.6 is 0 Å². The largest absolute Gasteiger partial charge is 0.497 e. The van der Waals surface area contributed by atoms with Crippen LogP contribution in [-0.2, 0) is 16.1 Å². The minimum absolute atomic E-state index is 0.0188. The van der Waals surface area contributed by atoms with Crippen LogP contribution in [0.2, 0.25) is 0 Å². The zero-order chi connectivity index (χ0) is 26.5. The predicted octanol–water partition coefficient (Wildman–Crippen LogP) is 5.13. The van der Waals surface area contributed by atoms with Gasteiger partial charge in [-0.25, -0.2) is 4.79 Å². The summed E-state index contributed by atoms with van der Waals surface area (Å²) in [5.74, 6) is 0.180. The minimum Gasteiger partial charge on any atom is -0.497 e. The van der Waals surface area contributed by atoms with E-state index in [1.165, 1.54) is 13.2 Å². The van der Waals surface area contributed by atoms with Crippen LogP contribution in [0.15, 0.2) is 72.8 Å². The molecule has 0 aliphatic carbocycles. The van der Waals surface area contributed by atoms with Crippen LogP contribution < -0.4 is 9.47 Å². The molecule has 7 heteroatoms. The van der Waals surface area contributed by atoms with E-state index in [2.05, 4.69) is 4.90 Å². The fourth-order valence-electron chi connectivity index (χ4n) is 5.51. The van der Waals surface area contributed by atoms with Crippen LogP contribution in [0, 0.1) is 5.92 Å². The van der Waals surface area contributed by atoms with Crippen molar-refractivity contribution in [3.8, 4) is 11.5 Å². The maximum Gasteiger partial charge on any atom is 0.335 e. The van der Waals surface area contributed by atoms with Crippen LogP contribution in [0.1, 0.15) is 52.2 Å². The third-order valence-electron chi connectivity index (χ3n) is 7.57. The summed E-state index contributed by atoms with van der Waals surface area (Å²) >= 11 is 0. The van der Waals surface area contributed by atoms with Gasteiger partial charge in [0.25, 0.3) is 0 Å². The van der Waals surface area contributed by atoms with Gasteiger partial charge in [-0.05, 0) is 78.9 Å². The van der Waals surface area contributed by atoms with Crippen LogP contribution in [0.3, 0.4) is 0 Å². The van der Waals surface area contributed by atoms with Gasteiger partial charge in [-0.3, -0.25) is 9.69 Å². The Bertz CT molecular complexity index is 1270. The molecule has 198 valence electrons. The van der Waals surface area contributed by atoms with Crippen molar-refractivity contribution in [3.63, 3.8) is 0 Å². The van der Waals surface area contributed by atoms with Gasteiger partial charge in [-0.1, -0.05) is 42.5 Å². The number of ether oxygens (including phenoxy) is 3. The summed E-state index contributed by atoms with van der Waals surface area (Å²) in [7, 11) is 1.50. The number of piperidine rings is 3. The molecule has 2 atom stereocenters. The molecule has 6 rings (SSSR count). The Hall–Kier alpha value is -3.84. The van der Waals surface area contributed by atoms with Crippen LogP contribution in [-0.4, -0.2) is 54.8 Å². The highest BCUT2D eigenvalue weighted by atomic mass is 16.5. The van der Waals surface area contributed by atoms with Crippen molar-refractivity contribution in [1.29, 1.82) is 0 Å². The number of aromatic carboxylic acids is 1. The first-order chi connectivity index (χ1) is 18.5. The third kappa shape index (κ3) is 6.17. The van der Waals surface area contributed by atoms with Crippen LogP contribution in [0.25, 0.3) is 0 Å². The van der Waals surface area contributed by atoms with Gasteiger partial charge in [0.05, 0.1) is 19.1 Å². The van der Waals surface area contributed by atoms with Crippen molar-refractivity contribution in [2.45, 2.75) is 37.9 Å². The number of fused-ring (bicyclic) bond motifs is 3. The number of rotatable bonds is 10. The number of carboxylic acid groups (broad SMARTS) is 1. The summed E-state index contributed by atoms with van der Waals surface area (Å²) < 4.78 is 17.3. The average molecular weight is 516 g/mol. The third-order valence-corrected chi connectivity index (χ3v) is 7.57. The molecular weight excluding hydrogens is 482 g/mol. The first-order valence-corrected chi connectivity index (χ1v) is 13.1. The zero-order valence-electron chi connectivity index (χ0n) is 21.5. The fraction of sp³-hybridized carbons (Fsp3) is 0.355. The second kappa shape index (κ2) is 11.7. The van der Waals surface area contributed by atoms with Crippen molar-refractivity contribution >= 4 is 11.9 Å². The van der Waals surface area contributed by atoms with Gasteiger partial charge in [-0.2, -0.15) is 0 Å². The number of esters is 1. The van der Waals surface area contributed by atoms with E-state index in [0.29, 0.717) is 23.0 Å². The number of carbonyl (C=O) groups excluding carboxylic acids is 1. The van der Waals surface area contributed by atoms with E-state index in [4.69, 9.17) is 14.2 Å². The summed E-state index contributed by atoms with van der Waals surface area (Å²) in [6.07, 6.45) is 2.42. The molecule has 0 spiro atoms. The van der Waals surface area contributed by atoms with Gasteiger partial charge in [0.2, 0.25) is 0 Å². The lowest BCUT2D eigenvalue weighted by Gasteiger charge is -2.44. The van der Waals surface area contributed by atoms with Crippen molar-refractivity contribution < 1.29 is 28.9 Å². The maximum atomic E-state index is 13.2. The smallest absolute Gasteiger partial charge is 0.335 e. The molecule has 0 aromatic heterocycles. The van der Waals surface area contributed by atoms with Gasteiger partial charge in [-0.15, -0.1) is 0 Å². The molecular formula is C31H33NO6. The summed E-state index contributed by atoms with van der Waals surface area (Å²) in [5, 5.41) is 9.39. The molecule has 3 saturated heterocycles. The Morgan fingerprint density at radius 3 is 2.39 bits per heavy atom. The molecule has 3 heterocycles. The number of carboxylic acids is 1. The summed E-state index contributed by atoms with van der Waals surface area (Å²) in [5.41, 5.74) is 2.82.